The van der Waals surface area contributed by atoms with Crippen molar-refractivity contribution in [2.24, 2.45) is 11.8 Å². The van der Waals surface area contributed by atoms with Crippen LogP contribution in [0.15, 0.2) is 30.3 Å². The SMILES string of the molecule is CC(CN1CC(=O)NC(Cc2ccccc2)C1=O)C1CC1. The number of nitrogens with zero attached hydrogens (tertiary/aromatic N) is 1. The van der Waals surface area contributed by atoms with Crippen molar-refractivity contribution in [3.05, 3.63) is 35.9 Å². The molecule has 2 amide bonds. The predicted molar refractivity (Wildman–Crippen MR) is 80.5 cm³/mol. The van der Waals surface area contributed by atoms with Gasteiger partial charge in [0.05, 0.1) is 6.54 Å². The van der Waals surface area contributed by atoms with Crippen LogP contribution in [0.25, 0.3) is 0 Å². The molecule has 1 aliphatic heterocycles. The first-order valence-corrected chi connectivity index (χ1v) is 7.75. The van der Waals surface area contributed by atoms with E-state index in [4.69, 9.17) is 0 Å². The highest BCUT2D eigenvalue weighted by molar-refractivity contribution is 5.95. The van der Waals surface area contributed by atoms with E-state index >= 15 is 0 Å². The molecule has 4 heteroatoms. The summed E-state index contributed by atoms with van der Waals surface area (Å²) in [5.41, 5.74) is 1.08. The average Bonchev–Trinajstić information content (AvgIpc) is 3.29. The van der Waals surface area contributed by atoms with Gasteiger partial charge in [-0.05, 0) is 30.2 Å². The third-order valence-electron chi connectivity index (χ3n) is 4.50. The van der Waals surface area contributed by atoms with Crippen molar-refractivity contribution in [3.63, 3.8) is 0 Å². The molecule has 3 rings (SSSR count). The van der Waals surface area contributed by atoms with Crippen LogP contribution in [0.5, 0.6) is 0 Å². The second kappa shape index (κ2) is 5.88. The first-order chi connectivity index (χ1) is 10.1. The fourth-order valence-electron chi connectivity index (χ4n) is 3.08. The predicted octanol–water partition coefficient (Wildman–Crippen LogP) is 1.60. The van der Waals surface area contributed by atoms with E-state index in [-0.39, 0.29) is 18.4 Å². The minimum absolute atomic E-state index is 0.0430. The Morgan fingerprint density at radius 1 is 1.24 bits per heavy atom. The second-order valence-corrected chi connectivity index (χ2v) is 6.34. The molecule has 1 aliphatic carbocycles. The van der Waals surface area contributed by atoms with Crippen LogP contribution in [0.3, 0.4) is 0 Å². The van der Waals surface area contributed by atoms with E-state index in [2.05, 4.69) is 12.2 Å². The summed E-state index contributed by atoms with van der Waals surface area (Å²) in [6.45, 7) is 3.10. The molecule has 1 saturated heterocycles. The highest BCUT2D eigenvalue weighted by atomic mass is 16.2. The van der Waals surface area contributed by atoms with E-state index in [1.54, 1.807) is 4.90 Å². The van der Waals surface area contributed by atoms with Crippen LogP contribution in [-0.2, 0) is 16.0 Å². The standard InChI is InChI=1S/C17H22N2O2/c1-12(14-7-8-14)10-19-11-16(20)18-15(17(19)21)9-13-5-3-2-4-6-13/h2-6,12,14-15H,7-11H2,1H3,(H,18,20). The third-order valence-corrected chi connectivity index (χ3v) is 4.50. The highest BCUT2D eigenvalue weighted by Crippen LogP contribution is 2.37. The first-order valence-electron chi connectivity index (χ1n) is 7.75. The Hall–Kier alpha value is -1.84. The molecule has 1 N–H and O–H groups in total. The molecule has 2 aliphatic rings. The molecule has 2 unspecified atom stereocenters. The minimum Gasteiger partial charge on any atom is -0.342 e. The lowest BCUT2D eigenvalue weighted by atomic mass is 10.0. The Labute approximate surface area is 125 Å². The molecule has 2 fully saturated rings. The first kappa shape index (κ1) is 14.1. The lowest BCUT2D eigenvalue weighted by Crippen LogP contribution is -2.59. The fourth-order valence-corrected chi connectivity index (χ4v) is 3.08. The molecule has 1 heterocycles. The molecule has 0 radical (unpaired) electrons. The summed E-state index contributed by atoms with van der Waals surface area (Å²) in [5.74, 6) is 1.26. The average molecular weight is 286 g/mol. The van der Waals surface area contributed by atoms with Gasteiger partial charge in [0.2, 0.25) is 11.8 Å². The fraction of sp³-hybridized carbons (Fsp3) is 0.529. The van der Waals surface area contributed by atoms with Crippen LogP contribution in [0.1, 0.15) is 25.3 Å². The Morgan fingerprint density at radius 3 is 2.62 bits per heavy atom. The number of carbonyl (C=O) groups excluding carboxylic acids is 2. The quantitative estimate of drug-likeness (QED) is 0.894. The Balaban J connectivity index is 1.66. The van der Waals surface area contributed by atoms with Gasteiger partial charge in [-0.3, -0.25) is 9.59 Å². The van der Waals surface area contributed by atoms with E-state index in [1.807, 2.05) is 30.3 Å². The van der Waals surface area contributed by atoms with Crippen LogP contribution in [0.4, 0.5) is 0 Å². The molecule has 1 aromatic carbocycles. The van der Waals surface area contributed by atoms with Gasteiger partial charge >= 0.3 is 0 Å². The summed E-state index contributed by atoms with van der Waals surface area (Å²) in [6, 6.07) is 9.43. The summed E-state index contributed by atoms with van der Waals surface area (Å²) in [7, 11) is 0. The Kier molecular flexibility index (Phi) is 3.95. The van der Waals surface area contributed by atoms with Gasteiger partial charge in [-0.2, -0.15) is 0 Å². The molecule has 1 saturated carbocycles. The molecule has 0 bridgehead atoms. The van der Waals surface area contributed by atoms with Gasteiger partial charge in [0.1, 0.15) is 6.04 Å². The van der Waals surface area contributed by atoms with Crippen molar-refractivity contribution < 1.29 is 9.59 Å². The molecule has 21 heavy (non-hydrogen) atoms. The number of benzene rings is 1. The third kappa shape index (κ3) is 3.43. The molecular weight excluding hydrogens is 264 g/mol. The number of hydrogen-bond donors (Lipinski definition) is 1. The molecule has 0 spiro atoms. The van der Waals surface area contributed by atoms with Gasteiger partial charge in [-0.15, -0.1) is 0 Å². The number of nitrogens with one attached hydrogen (secondary N) is 1. The van der Waals surface area contributed by atoms with Gasteiger partial charge < -0.3 is 10.2 Å². The number of amides is 2. The highest BCUT2D eigenvalue weighted by Gasteiger charge is 2.36. The van der Waals surface area contributed by atoms with E-state index in [0.29, 0.717) is 18.9 Å². The topological polar surface area (TPSA) is 49.4 Å². The van der Waals surface area contributed by atoms with Crippen molar-refractivity contribution in [2.45, 2.75) is 32.2 Å². The summed E-state index contributed by atoms with van der Waals surface area (Å²) in [6.07, 6.45) is 3.10. The zero-order chi connectivity index (χ0) is 14.8. The maximum Gasteiger partial charge on any atom is 0.245 e. The lowest BCUT2D eigenvalue weighted by molar-refractivity contribution is -0.144. The summed E-state index contributed by atoms with van der Waals surface area (Å²) >= 11 is 0. The Morgan fingerprint density at radius 2 is 1.95 bits per heavy atom. The van der Waals surface area contributed by atoms with Crippen LogP contribution < -0.4 is 5.32 Å². The Bertz CT molecular complexity index is 525. The lowest BCUT2D eigenvalue weighted by Gasteiger charge is -2.34. The van der Waals surface area contributed by atoms with Gasteiger partial charge in [-0.25, -0.2) is 0 Å². The largest absolute Gasteiger partial charge is 0.342 e. The maximum absolute atomic E-state index is 12.6. The van der Waals surface area contributed by atoms with E-state index < -0.39 is 6.04 Å². The van der Waals surface area contributed by atoms with Crippen LogP contribution in [0.2, 0.25) is 0 Å². The summed E-state index contributed by atoms with van der Waals surface area (Å²) in [4.78, 5) is 26.2. The maximum atomic E-state index is 12.6. The number of piperazine rings is 1. The number of carbonyl (C=O) groups is 2. The van der Waals surface area contributed by atoms with Gasteiger partial charge in [0, 0.05) is 13.0 Å². The summed E-state index contributed by atoms with van der Waals surface area (Å²) in [5, 5.41) is 2.83. The van der Waals surface area contributed by atoms with Gasteiger partial charge in [-0.1, -0.05) is 37.3 Å². The normalized spacial score (nSPS) is 23.9. The van der Waals surface area contributed by atoms with Crippen LogP contribution in [-0.4, -0.2) is 35.8 Å². The van der Waals surface area contributed by atoms with Crippen LogP contribution in [0, 0.1) is 11.8 Å². The van der Waals surface area contributed by atoms with Crippen molar-refractivity contribution >= 4 is 11.8 Å². The molecular formula is C17H22N2O2. The van der Waals surface area contributed by atoms with Gasteiger partial charge in [0.25, 0.3) is 0 Å². The minimum atomic E-state index is -0.417. The van der Waals surface area contributed by atoms with Crippen molar-refractivity contribution in [2.75, 3.05) is 13.1 Å². The zero-order valence-corrected chi connectivity index (χ0v) is 12.4. The van der Waals surface area contributed by atoms with E-state index in [9.17, 15) is 9.59 Å². The second-order valence-electron chi connectivity index (χ2n) is 6.34. The van der Waals surface area contributed by atoms with E-state index in [1.165, 1.54) is 12.8 Å². The molecule has 1 aromatic rings. The van der Waals surface area contributed by atoms with Crippen molar-refractivity contribution in [1.29, 1.82) is 0 Å². The molecule has 2 atom stereocenters. The zero-order valence-electron chi connectivity index (χ0n) is 12.4. The van der Waals surface area contributed by atoms with Crippen LogP contribution >= 0.6 is 0 Å². The monoisotopic (exact) mass is 286 g/mol. The number of rotatable bonds is 5. The molecule has 4 nitrogen and oxygen atoms in total. The smallest absolute Gasteiger partial charge is 0.245 e. The molecule has 112 valence electrons. The van der Waals surface area contributed by atoms with Gasteiger partial charge in [0.15, 0.2) is 0 Å². The molecule has 0 aromatic heterocycles. The van der Waals surface area contributed by atoms with Crippen molar-refractivity contribution in [1.82, 2.24) is 10.2 Å². The van der Waals surface area contributed by atoms with Crippen molar-refractivity contribution in [3.8, 4) is 0 Å². The summed E-state index contributed by atoms with van der Waals surface area (Å²) < 4.78 is 0. The number of hydrogen-bond acceptors (Lipinski definition) is 2. The van der Waals surface area contributed by atoms with E-state index in [0.717, 1.165) is 11.5 Å².